The number of rotatable bonds is 4. The summed E-state index contributed by atoms with van der Waals surface area (Å²) < 4.78 is 0. The third-order valence-electron chi connectivity index (χ3n) is 2.34. The van der Waals surface area contributed by atoms with Crippen LogP contribution in [0.4, 0.5) is 0 Å². The van der Waals surface area contributed by atoms with E-state index in [1.165, 1.54) is 4.90 Å². The molecule has 1 fully saturated rings. The van der Waals surface area contributed by atoms with Gasteiger partial charge in [-0.25, -0.2) is 0 Å². The van der Waals surface area contributed by atoms with Crippen LogP contribution >= 0.6 is 0 Å². The molecule has 5 heteroatoms. The van der Waals surface area contributed by atoms with Crippen LogP contribution in [0.2, 0.25) is 0 Å². The van der Waals surface area contributed by atoms with E-state index in [-0.39, 0.29) is 30.3 Å². The molecule has 0 aromatic rings. The van der Waals surface area contributed by atoms with E-state index in [1.54, 1.807) is 7.05 Å². The number of likely N-dealkylation sites (N-methyl/N-ethyl adjacent to an activating group) is 1. The Morgan fingerprint density at radius 2 is 2.07 bits per heavy atom. The minimum atomic E-state index is -0.104. The zero-order chi connectivity index (χ0) is 11.4. The van der Waals surface area contributed by atoms with Gasteiger partial charge in [0.1, 0.15) is 0 Å². The first-order valence-corrected chi connectivity index (χ1v) is 5.25. The van der Waals surface area contributed by atoms with Crippen LogP contribution in [0.1, 0.15) is 13.8 Å². The summed E-state index contributed by atoms with van der Waals surface area (Å²) in [5.74, 6) is 0.00244. The Hall–Kier alpha value is -1.10. The fourth-order valence-electron chi connectivity index (χ4n) is 1.44. The Bertz CT molecular complexity index is 249. The highest BCUT2D eigenvalue weighted by molar-refractivity contribution is 5.86. The van der Waals surface area contributed by atoms with Gasteiger partial charge >= 0.3 is 0 Å². The lowest BCUT2D eigenvalue weighted by Gasteiger charge is -2.30. The number of nitrogens with one attached hydrogen (secondary N) is 2. The SMILES string of the molecule is CC(C)NC(=O)CN(C)C(=O)C1CNC1. The molecule has 1 saturated heterocycles. The van der Waals surface area contributed by atoms with Gasteiger partial charge in [-0.3, -0.25) is 9.59 Å². The van der Waals surface area contributed by atoms with Gasteiger partial charge in [0.2, 0.25) is 11.8 Å². The van der Waals surface area contributed by atoms with Crippen molar-refractivity contribution in [2.45, 2.75) is 19.9 Å². The second-order valence-electron chi connectivity index (χ2n) is 4.27. The quantitative estimate of drug-likeness (QED) is 0.642. The lowest BCUT2D eigenvalue weighted by Crippen LogP contribution is -2.52. The van der Waals surface area contributed by atoms with E-state index in [4.69, 9.17) is 0 Å². The summed E-state index contributed by atoms with van der Waals surface area (Å²) in [5.41, 5.74) is 0. The highest BCUT2D eigenvalue weighted by atomic mass is 16.2. The van der Waals surface area contributed by atoms with Crippen molar-refractivity contribution in [3.8, 4) is 0 Å². The van der Waals surface area contributed by atoms with Gasteiger partial charge < -0.3 is 15.5 Å². The van der Waals surface area contributed by atoms with Crippen LogP contribution in [0.3, 0.4) is 0 Å². The Balaban J connectivity index is 2.30. The van der Waals surface area contributed by atoms with E-state index in [9.17, 15) is 9.59 Å². The third kappa shape index (κ3) is 3.51. The van der Waals surface area contributed by atoms with Gasteiger partial charge in [-0.2, -0.15) is 0 Å². The monoisotopic (exact) mass is 213 g/mol. The molecule has 0 aromatic heterocycles. The second-order valence-corrected chi connectivity index (χ2v) is 4.27. The second kappa shape index (κ2) is 5.11. The summed E-state index contributed by atoms with van der Waals surface area (Å²) >= 11 is 0. The molecule has 15 heavy (non-hydrogen) atoms. The zero-order valence-corrected chi connectivity index (χ0v) is 9.54. The van der Waals surface area contributed by atoms with Crippen LogP contribution < -0.4 is 10.6 Å². The van der Waals surface area contributed by atoms with E-state index < -0.39 is 0 Å². The highest BCUT2D eigenvalue weighted by Gasteiger charge is 2.28. The van der Waals surface area contributed by atoms with Crippen molar-refractivity contribution in [3.05, 3.63) is 0 Å². The third-order valence-corrected chi connectivity index (χ3v) is 2.34. The van der Waals surface area contributed by atoms with Crippen molar-refractivity contribution >= 4 is 11.8 Å². The van der Waals surface area contributed by atoms with Crippen molar-refractivity contribution in [1.29, 1.82) is 0 Å². The molecular weight excluding hydrogens is 194 g/mol. The Morgan fingerprint density at radius 1 is 1.47 bits per heavy atom. The number of amides is 2. The predicted molar refractivity (Wildman–Crippen MR) is 57.3 cm³/mol. The Labute approximate surface area is 90.2 Å². The van der Waals surface area contributed by atoms with E-state index >= 15 is 0 Å². The van der Waals surface area contributed by atoms with Gasteiger partial charge in [0, 0.05) is 26.2 Å². The minimum absolute atomic E-state index is 0.0488. The lowest BCUT2D eigenvalue weighted by atomic mass is 10.0. The maximum absolute atomic E-state index is 11.7. The number of carbonyl (C=O) groups is 2. The molecule has 1 aliphatic rings. The Kier molecular flexibility index (Phi) is 4.08. The van der Waals surface area contributed by atoms with Crippen LogP contribution in [0, 0.1) is 5.92 Å². The van der Waals surface area contributed by atoms with E-state index in [0.29, 0.717) is 0 Å². The molecule has 0 bridgehead atoms. The lowest BCUT2D eigenvalue weighted by molar-refractivity contribution is -0.139. The molecule has 2 N–H and O–H groups in total. The van der Waals surface area contributed by atoms with E-state index in [2.05, 4.69) is 10.6 Å². The van der Waals surface area contributed by atoms with Crippen LogP contribution in [0.25, 0.3) is 0 Å². The summed E-state index contributed by atoms with van der Waals surface area (Å²) in [5, 5.41) is 5.79. The van der Waals surface area contributed by atoms with Crippen molar-refractivity contribution in [2.24, 2.45) is 5.92 Å². The zero-order valence-electron chi connectivity index (χ0n) is 9.54. The van der Waals surface area contributed by atoms with Crippen LogP contribution in [-0.2, 0) is 9.59 Å². The molecular formula is C10H19N3O2. The highest BCUT2D eigenvalue weighted by Crippen LogP contribution is 2.06. The molecule has 0 saturated carbocycles. The standard InChI is InChI=1S/C10H19N3O2/c1-7(2)12-9(14)6-13(3)10(15)8-4-11-5-8/h7-8,11H,4-6H2,1-3H3,(H,12,14). The summed E-state index contributed by atoms with van der Waals surface area (Å²) in [6, 6.07) is 0.117. The first kappa shape index (κ1) is 12.0. The van der Waals surface area contributed by atoms with E-state index in [1.807, 2.05) is 13.8 Å². The molecule has 0 unspecified atom stereocenters. The number of hydrogen-bond donors (Lipinski definition) is 2. The summed E-state index contributed by atoms with van der Waals surface area (Å²) in [6.45, 7) is 5.41. The van der Waals surface area contributed by atoms with Crippen LogP contribution in [0.5, 0.6) is 0 Å². The molecule has 1 heterocycles. The summed E-state index contributed by atoms with van der Waals surface area (Å²) in [4.78, 5) is 24.5. The van der Waals surface area contributed by atoms with Gasteiger partial charge in [-0.15, -0.1) is 0 Å². The molecule has 1 rings (SSSR count). The van der Waals surface area contributed by atoms with Crippen molar-refractivity contribution < 1.29 is 9.59 Å². The molecule has 1 aliphatic heterocycles. The van der Waals surface area contributed by atoms with Crippen LogP contribution in [0.15, 0.2) is 0 Å². The number of hydrogen-bond acceptors (Lipinski definition) is 3. The molecule has 0 radical (unpaired) electrons. The average molecular weight is 213 g/mol. The smallest absolute Gasteiger partial charge is 0.239 e. The fraction of sp³-hybridized carbons (Fsp3) is 0.800. The van der Waals surface area contributed by atoms with Crippen molar-refractivity contribution in [3.63, 3.8) is 0 Å². The van der Waals surface area contributed by atoms with Crippen molar-refractivity contribution in [2.75, 3.05) is 26.7 Å². The molecule has 0 aliphatic carbocycles. The first-order valence-electron chi connectivity index (χ1n) is 5.25. The Morgan fingerprint density at radius 3 is 2.47 bits per heavy atom. The molecule has 2 amide bonds. The number of nitrogens with zero attached hydrogens (tertiary/aromatic N) is 1. The molecule has 0 aromatic carbocycles. The van der Waals surface area contributed by atoms with Gasteiger partial charge in [0.25, 0.3) is 0 Å². The normalized spacial score (nSPS) is 16.0. The average Bonchev–Trinajstić information content (AvgIpc) is 1.98. The van der Waals surface area contributed by atoms with Gasteiger partial charge in [-0.1, -0.05) is 0 Å². The number of carbonyl (C=O) groups excluding carboxylic acids is 2. The molecule has 86 valence electrons. The topological polar surface area (TPSA) is 61.4 Å². The molecule has 5 nitrogen and oxygen atoms in total. The van der Waals surface area contributed by atoms with Crippen LogP contribution in [-0.4, -0.2) is 49.4 Å². The van der Waals surface area contributed by atoms with Gasteiger partial charge in [0.05, 0.1) is 12.5 Å². The predicted octanol–water partition coefficient (Wildman–Crippen LogP) is -0.811. The maximum atomic E-state index is 11.7. The summed E-state index contributed by atoms with van der Waals surface area (Å²) in [7, 11) is 1.67. The maximum Gasteiger partial charge on any atom is 0.239 e. The van der Waals surface area contributed by atoms with E-state index in [0.717, 1.165) is 13.1 Å². The van der Waals surface area contributed by atoms with Crippen molar-refractivity contribution in [1.82, 2.24) is 15.5 Å². The van der Waals surface area contributed by atoms with Gasteiger partial charge in [0.15, 0.2) is 0 Å². The largest absolute Gasteiger partial charge is 0.352 e. The molecule has 0 atom stereocenters. The molecule has 0 spiro atoms. The van der Waals surface area contributed by atoms with Gasteiger partial charge in [-0.05, 0) is 13.8 Å². The first-order chi connectivity index (χ1) is 7.00. The fourth-order valence-corrected chi connectivity index (χ4v) is 1.44. The summed E-state index contributed by atoms with van der Waals surface area (Å²) in [6.07, 6.45) is 0. The minimum Gasteiger partial charge on any atom is -0.352 e.